The SMILES string of the molecule is Cc1cc(OC(CN)c2ccccn2)ccc1C(C)C. The first kappa shape index (κ1) is 14.5. The Bertz CT molecular complexity index is 552. The maximum Gasteiger partial charge on any atom is 0.153 e. The largest absolute Gasteiger partial charge is 0.483 e. The van der Waals surface area contributed by atoms with E-state index in [1.165, 1.54) is 11.1 Å². The van der Waals surface area contributed by atoms with E-state index < -0.39 is 0 Å². The highest BCUT2D eigenvalue weighted by atomic mass is 16.5. The number of nitrogens with zero attached hydrogens (tertiary/aromatic N) is 1. The van der Waals surface area contributed by atoms with Crippen LogP contribution in [0.15, 0.2) is 42.6 Å². The Hall–Kier alpha value is -1.87. The third-order valence-corrected chi connectivity index (χ3v) is 3.37. The minimum Gasteiger partial charge on any atom is -0.483 e. The zero-order valence-electron chi connectivity index (χ0n) is 12.3. The molecule has 1 heterocycles. The molecule has 1 aromatic carbocycles. The summed E-state index contributed by atoms with van der Waals surface area (Å²) in [4.78, 5) is 4.31. The summed E-state index contributed by atoms with van der Waals surface area (Å²) >= 11 is 0. The molecule has 0 bridgehead atoms. The first-order valence-corrected chi connectivity index (χ1v) is 7.00. The number of rotatable bonds is 5. The third-order valence-electron chi connectivity index (χ3n) is 3.37. The highest BCUT2D eigenvalue weighted by Gasteiger charge is 2.13. The lowest BCUT2D eigenvalue weighted by atomic mass is 9.98. The lowest BCUT2D eigenvalue weighted by Crippen LogP contribution is -2.19. The van der Waals surface area contributed by atoms with E-state index in [1.807, 2.05) is 24.3 Å². The topological polar surface area (TPSA) is 48.1 Å². The predicted molar refractivity (Wildman–Crippen MR) is 81.9 cm³/mol. The molecule has 0 amide bonds. The van der Waals surface area contributed by atoms with E-state index in [0.717, 1.165) is 11.4 Å². The standard InChI is InChI=1S/C17H22N2O/c1-12(2)15-8-7-14(10-13(15)3)20-17(11-18)16-6-4-5-9-19-16/h4-10,12,17H,11,18H2,1-3H3. The van der Waals surface area contributed by atoms with Crippen LogP contribution in [0.4, 0.5) is 0 Å². The average molecular weight is 270 g/mol. The molecule has 1 aromatic heterocycles. The molecule has 0 radical (unpaired) electrons. The van der Waals surface area contributed by atoms with Gasteiger partial charge < -0.3 is 10.5 Å². The summed E-state index contributed by atoms with van der Waals surface area (Å²) in [5, 5.41) is 0. The van der Waals surface area contributed by atoms with Gasteiger partial charge in [0.05, 0.1) is 5.69 Å². The molecule has 3 nitrogen and oxygen atoms in total. The van der Waals surface area contributed by atoms with E-state index in [1.54, 1.807) is 6.20 Å². The Kier molecular flexibility index (Phi) is 4.74. The highest BCUT2D eigenvalue weighted by Crippen LogP contribution is 2.26. The molecule has 0 spiro atoms. The molecule has 2 N–H and O–H groups in total. The Morgan fingerprint density at radius 1 is 1.20 bits per heavy atom. The molecule has 0 saturated heterocycles. The number of benzene rings is 1. The van der Waals surface area contributed by atoms with Crippen molar-refractivity contribution in [2.75, 3.05) is 6.54 Å². The fourth-order valence-corrected chi connectivity index (χ4v) is 2.33. The first-order valence-electron chi connectivity index (χ1n) is 7.00. The summed E-state index contributed by atoms with van der Waals surface area (Å²) in [5.74, 6) is 1.36. The molecular formula is C17H22N2O. The third kappa shape index (κ3) is 3.36. The van der Waals surface area contributed by atoms with Crippen LogP contribution >= 0.6 is 0 Å². The van der Waals surface area contributed by atoms with Gasteiger partial charge in [-0.1, -0.05) is 26.0 Å². The van der Waals surface area contributed by atoms with E-state index in [2.05, 4.69) is 37.9 Å². The maximum atomic E-state index is 5.98. The molecule has 20 heavy (non-hydrogen) atoms. The van der Waals surface area contributed by atoms with Gasteiger partial charge in [-0.05, 0) is 48.2 Å². The van der Waals surface area contributed by atoms with Crippen molar-refractivity contribution in [3.63, 3.8) is 0 Å². The number of ether oxygens (including phenoxy) is 1. The summed E-state index contributed by atoms with van der Waals surface area (Å²) in [6.45, 7) is 6.90. The smallest absolute Gasteiger partial charge is 0.153 e. The van der Waals surface area contributed by atoms with Crippen molar-refractivity contribution in [3.8, 4) is 5.75 Å². The molecule has 0 aliphatic rings. The van der Waals surface area contributed by atoms with Crippen LogP contribution in [0.1, 0.15) is 42.7 Å². The number of hydrogen-bond donors (Lipinski definition) is 1. The van der Waals surface area contributed by atoms with Crippen molar-refractivity contribution in [2.24, 2.45) is 5.73 Å². The minimum atomic E-state index is -0.208. The number of hydrogen-bond acceptors (Lipinski definition) is 3. The second-order valence-electron chi connectivity index (χ2n) is 5.27. The number of nitrogens with two attached hydrogens (primary N) is 1. The lowest BCUT2D eigenvalue weighted by molar-refractivity contribution is 0.209. The van der Waals surface area contributed by atoms with E-state index in [0.29, 0.717) is 12.5 Å². The van der Waals surface area contributed by atoms with E-state index in [4.69, 9.17) is 10.5 Å². The van der Waals surface area contributed by atoms with Crippen molar-refractivity contribution in [1.29, 1.82) is 0 Å². The molecule has 0 fully saturated rings. The Balaban J connectivity index is 2.18. The fourth-order valence-electron chi connectivity index (χ4n) is 2.33. The monoisotopic (exact) mass is 270 g/mol. The molecule has 0 aliphatic carbocycles. The number of aryl methyl sites for hydroxylation is 1. The van der Waals surface area contributed by atoms with Gasteiger partial charge in [0.25, 0.3) is 0 Å². The van der Waals surface area contributed by atoms with Crippen LogP contribution in [-0.2, 0) is 0 Å². The van der Waals surface area contributed by atoms with Gasteiger partial charge in [-0.15, -0.1) is 0 Å². The van der Waals surface area contributed by atoms with Crippen LogP contribution < -0.4 is 10.5 Å². The molecule has 2 aromatic rings. The molecule has 0 saturated carbocycles. The van der Waals surface area contributed by atoms with E-state index >= 15 is 0 Å². The van der Waals surface area contributed by atoms with Crippen LogP contribution in [-0.4, -0.2) is 11.5 Å². The van der Waals surface area contributed by atoms with Crippen molar-refractivity contribution in [1.82, 2.24) is 4.98 Å². The quantitative estimate of drug-likeness (QED) is 0.903. The molecule has 0 aliphatic heterocycles. The lowest BCUT2D eigenvalue weighted by Gasteiger charge is -2.18. The van der Waals surface area contributed by atoms with Crippen LogP contribution in [0.25, 0.3) is 0 Å². The zero-order valence-corrected chi connectivity index (χ0v) is 12.3. The summed E-state index contributed by atoms with van der Waals surface area (Å²) in [6.07, 6.45) is 1.55. The molecule has 2 rings (SSSR count). The Labute approximate surface area is 120 Å². The summed E-state index contributed by atoms with van der Waals surface area (Å²) in [6, 6.07) is 12.0. The normalized spacial score (nSPS) is 12.4. The molecule has 1 atom stereocenters. The second kappa shape index (κ2) is 6.53. The van der Waals surface area contributed by atoms with Crippen molar-refractivity contribution in [3.05, 3.63) is 59.4 Å². The van der Waals surface area contributed by atoms with Gasteiger partial charge in [0, 0.05) is 12.7 Å². The molecule has 1 unspecified atom stereocenters. The molecular weight excluding hydrogens is 248 g/mol. The predicted octanol–water partition coefficient (Wildman–Crippen LogP) is 3.59. The first-order chi connectivity index (χ1) is 9.61. The van der Waals surface area contributed by atoms with Gasteiger partial charge in [-0.3, -0.25) is 4.98 Å². The van der Waals surface area contributed by atoms with Gasteiger partial charge >= 0.3 is 0 Å². The number of aromatic nitrogens is 1. The van der Waals surface area contributed by atoms with Gasteiger partial charge in [-0.2, -0.15) is 0 Å². The Morgan fingerprint density at radius 2 is 2.00 bits per heavy atom. The maximum absolute atomic E-state index is 5.98. The van der Waals surface area contributed by atoms with Crippen molar-refractivity contribution >= 4 is 0 Å². The van der Waals surface area contributed by atoms with E-state index in [-0.39, 0.29) is 6.10 Å². The van der Waals surface area contributed by atoms with Gasteiger partial charge in [-0.25, -0.2) is 0 Å². The van der Waals surface area contributed by atoms with Crippen LogP contribution in [0.5, 0.6) is 5.75 Å². The number of pyridine rings is 1. The van der Waals surface area contributed by atoms with Gasteiger partial charge in [0.1, 0.15) is 5.75 Å². The molecule has 3 heteroatoms. The van der Waals surface area contributed by atoms with Crippen molar-refractivity contribution in [2.45, 2.75) is 32.8 Å². The van der Waals surface area contributed by atoms with Crippen LogP contribution in [0, 0.1) is 6.92 Å². The van der Waals surface area contributed by atoms with Crippen LogP contribution in [0.3, 0.4) is 0 Å². The zero-order chi connectivity index (χ0) is 14.5. The van der Waals surface area contributed by atoms with Crippen LogP contribution in [0.2, 0.25) is 0 Å². The summed E-state index contributed by atoms with van der Waals surface area (Å²) < 4.78 is 5.98. The second-order valence-corrected chi connectivity index (χ2v) is 5.27. The summed E-state index contributed by atoms with van der Waals surface area (Å²) in [7, 11) is 0. The average Bonchev–Trinajstić information content (AvgIpc) is 2.45. The van der Waals surface area contributed by atoms with Gasteiger partial charge in [0.15, 0.2) is 6.10 Å². The highest BCUT2D eigenvalue weighted by molar-refractivity contribution is 5.36. The minimum absolute atomic E-state index is 0.208. The van der Waals surface area contributed by atoms with E-state index in [9.17, 15) is 0 Å². The Morgan fingerprint density at radius 3 is 2.55 bits per heavy atom. The molecule has 106 valence electrons. The van der Waals surface area contributed by atoms with Gasteiger partial charge in [0.2, 0.25) is 0 Å². The summed E-state index contributed by atoms with van der Waals surface area (Å²) in [5.41, 5.74) is 9.26. The van der Waals surface area contributed by atoms with Crippen molar-refractivity contribution < 1.29 is 4.74 Å². The fraction of sp³-hybridized carbons (Fsp3) is 0.353.